The molecule has 2 heterocycles. The van der Waals surface area contributed by atoms with Gasteiger partial charge in [0.1, 0.15) is 6.04 Å². The van der Waals surface area contributed by atoms with Gasteiger partial charge in [-0.25, -0.2) is 9.78 Å². The van der Waals surface area contributed by atoms with E-state index in [0.717, 1.165) is 15.2 Å². The number of fused-ring (bicyclic) bond motifs is 1. The molecule has 0 bridgehead atoms. The van der Waals surface area contributed by atoms with Gasteiger partial charge < -0.3 is 10.6 Å². The van der Waals surface area contributed by atoms with Gasteiger partial charge >= 0.3 is 6.03 Å². The molecule has 0 saturated carbocycles. The Kier molecular flexibility index (Phi) is 3.76. The predicted molar refractivity (Wildman–Crippen MR) is 82.7 cm³/mol. The molecule has 1 fully saturated rings. The second-order valence-electron chi connectivity index (χ2n) is 5.02. The molecular formula is C14H14N4O3S. The fourth-order valence-electron chi connectivity index (χ4n) is 2.28. The lowest BCUT2D eigenvalue weighted by atomic mass is 10.1. The topological polar surface area (TPSA) is 100 Å². The molecule has 1 aliphatic rings. The van der Waals surface area contributed by atoms with Crippen LogP contribution in [-0.2, 0) is 9.59 Å². The molecule has 7 nitrogen and oxygen atoms in total. The summed E-state index contributed by atoms with van der Waals surface area (Å²) in [5, 5.41) is 8.36. The lowest BCUT2D eigenvalue weighted by molar-refractivity contribution is -0.120. The number of urea groups is 1. The summed E-state index contributed by atoms with van der Waals surface area (Å²) in [6, 6.07) is 4.39. The van der Waals surface area contributed by atoms with E-state index in [2.05, 4.69) is 20.9 Å². The summed E-state index contributed by atoms with van der Waals surface area (Å²) in [5.41, 5.74) is 1.60. The molecule has 0 radical (unpaired) electrons. The highest BCUT2D eigenvalue weighted by Crippen LogP contribution is 2.24. The first-order valence-electron chi connectivity index (χ1n) is 6.80. The minimum absolute atomic E-state index is 0.151. The zero-order valence-electron chi connectivity index (χ0n) is 11.8. The maximum atomic E-state index is 11.9. The van der Waals surface area contributed by atoms with E-state index >= 15 is 0 Å². The van der Waals surface area contributed by atoms with Gasteiger partial charge in [-0.05, 0) is 31.5 Å². The van der Waals surface area contributed by atoms with Crippen LogP contribution in [0.1, 0.15) is 17.8 Å². The second kappa shape index (κ2) is 5.72. The number of nitrogens with zero attached hydrogens (tertiary/aromatic N) is 1. The summed E-state index contributed by atoms with van der Waals surface area (Å²) in [5.74, 6) is -0.589. The number of thiazole rings is 1. The van der Waals surface area contributed by atoms with Crippen LogP contribution in [0.15, 0.2) is 18.2 Å². The first-order chi connectivity index (χ1) is 10.5. The van der Waals surface area contributed by atoms with Crippen molar-refractivity contribution in [2.24, 2.45) is 0 Å². The van der Waals surface area contributed by atoms with E-state index in [0.29, 0.717) is 5.69 Å². The number of amides is 4. The third-order valence-corrected chi connectivity index (χ3v) is 4.23. The Hall–Kier alpha value is -2.48. The zero-order chi connectivity index (χ0) is 15.7. The average Bonchev–Trinajstić information content (AvgIpc) is 2.97. The van der Waals surface area contributed by atoms with Crippen molar-refractivity contribution in [3.8, 4) is 0 Å². The molecule has 1 aromatic carbocycles. The van der Waals surface area contributed by atoms with Crippen LogP contribution in [0.5, 0.6) is 0 Å². The number of hydrogen-bond donors (Lipinski definition) is 3. The smallest absolute Gasteiger partial charge is 0.322 e. The number of benzene rings is 1. The van der Waals surface area contributed by atoms with Gasteiger partial charge in [0.15, 0.2) is 0 Å². The summed E-state index contributed by atoms with van der Waals surface area (Å²) in [7, 11) is 0. The Morgan fingerprint density at radius 3 is 2.95 bits per heavy atom. The number of carbonyl (C=O) groups is 3. The van der Waals surface area contributed by atoms with E-state index in [4.69, 9.17) is 0 Å². The highest BCUT2D eigenvalue weighted by molar-refractivity contribution is 7.18. The largest absolute Gasteiger partial charge is 0.326 e. The fraction of sp³-hybridized carbons (Fsp3) is 0.286. The van der Waals surface area contributed by atoms with Gasteiger partial charge in [0.05, 0.1) is 15.2 Å². The van der Waals surface area contributed by atoms with Crippen LogP contribution in [-0.4, -0.2) is 28.9 Å². The molecule has 8 heteroatoms. The van der Waals surface area contributed by atoms with Crippen LogP contribution in [0.4, 0.5) is 10.5 Å². The fourth-order valence-corrected chi connectivity index (χ4v) is 3.15. The van der Waals surface area contributed by atoms with E-state index < -0.39 is 12.1 Å². The van der Waals surface area contributed by atoms with Gasteiger partial charge in [0.2, 0.25) is 5.91 Å². The molecule has 114 valence electrons. The SMILES string of the molecule is Cc1nc2ccc(NC(=O)CC[C@@H]3NC(=O)NC3=O)cc2s1. The minimum Gasteiger partial charge on any atom is -0.326 e. The Morgan fingerprint density at radius 1 is 1.41 bits per heavy atom. The van der Waals surface area contributed by atoms with Gasteiger partial charge in [0.25, 0.3) is 5.91 Å². The molecule has 0 spiro atoms. The third-order valence-electron chi connectivity index (χ3n) is 3.30. The van der Waals surface area contributed by atoms with E-state index in [1.165, 1.54) is 0 Å². The van der Waals surface area contributed by atoms with Gasteiger partial charge in [0, 0.05) is 12.1 Å². The van der Waals surface area contributed by atoms with Crippen molar-refractivity contribution >= 4 is 45.1 Å². The van der Waals surface area contributed by atoms with Crippen molar-refractivity contribution in [3.05, 3.63) is 23.2 Å². The van der Waals surface area contributed by atoms with E-state index in [9.17, 15) is 14.4 Å². The second-order valence-corrected chi connectivity index (χ2v) is 6.25. The standard InChI is InChI=1S/C14H14N4O3S/c1-7-15-9-3-2-8(6-11(9)22-7)16-12(19)5-4-10-13(20)18-14(21)17-10/h2-3,6,10H,4-5H2,1H3,(H,16,19)(H2,17,18,20,21)/t10-/m0/s1. The van der Waals surface area contributed by atoms with Crippen LogP contribution in [0, 0.1) is 6.92 Å². The van der Waals surface area contributed by atoms with Crippen molar-refractivity contribution < 1.29 is 14.4 Å². The molecule has 4 amide bonds. The van der Waals surface area contributed by atoms with Crippen LogP contribution < -0.4 is 16.0 Å². The van der Waals surface area contributed by atoms with E-state index in [1.807, 2.05) is 19.1 Å². The number of anilines is 1. The summed E-state index contributed by atoms with van der Waals surface area (Å²) < 4.78 is 1.01. The molecule has 22 heavy (non-hydrogen) atoms. The molecule has 0 aliphatic carbocycles. The van der Waals surface area contributed by atoms with Crippen molar-refractivity contribution in [1.82, 2.24) is 15.6 Å². The molecular weight excluding hydrogens is 304 g/mol. The molecule has 3 N–H and O–H groups in total. The number of carbonyl (C=O) groups excluding carboxylic acids is 3. The number of aromatic nitrogens is 1. The maximum Gasteiger partial charge on any atom is 0.322 e. The summed E-state index contributed by atoms with van der Waals surface area (Å²) in [6.45, 7) is 1.93. The molecule has 1 aromatic heterocycles. The first kappa shape index (κ1) is 14.5. The highest BCUT2D eigenvalue weighted by atomic mass is 32.1. The first-order valence-corrected chi connectivity index (χ1v) is 7.61. The monoisotopic (exact) mass is 318 g/mol. The zero-order valence-corrected chi connectivity index (χ0v) is 12.6. The highest BCUT2D eigenvalue weighted by Gasteiger charge is 2.29. The Labute approximate surface area is 130 Å². The molecule has 2 aromatic rings. The molecule has 1 aliphatic heterocycles. The normalized spacial score (nSPS) is 17.4. The van der Waals surface area contributed by atoms with Gasteiger partial charge in [-0.15, -0.1) is 11.3 Å². The van der Waals surface area contributed by atoms with Crippen LogP contribution >= 0.6 is 11.3 Å². The minimum atomic E-state index is -0.634. The lowest BCUT2D eigenvalue weighted by Crippen LogP contribution is -2.30. The summed E-state index contributed by atoms with van der Waals surface area (Å²) >= 11 is 1.56. The number of rotatable bonds is 4. The van der Waals surface area contributed by atoms with Gasteiger partial charge in [-0.2, -0.15) is 0 Å². The van der Waals surface area contributed by atoms with Crippen LogP contribution in [0.2, 0.25) is 0 Å². The quantitative estimate of drug-likeness (QED) is 0.744. The van der Waals surface area contributed by atoms with Crippen molar-refractivity contribution in [2.75, 3.05) is 5.32 Å². The van der Waals surface area contributed by atoms with Gasteiger partial charge in [-0.3, -0.25) is 14.9 Å². The number of aryl methyl sites for hydroxylation is 1. The number of hydrogen-bond acceptors (Lipinski definition) is 5. The van der Waals surface area contributed by atoms with E-state index in [1.54, 1.807) is 17.4 Å². The van der Waals surface area contributed by atoms with Crippen molar-refractivity contribution in [3.63, 3.8) is 0 Å². The molecule has 1 atom stereocenters. The third kappa shape index (κ3) is 3.06. The number of nitrogens with one attached hydrogen (secondary N) is 3. The maximum absolute atomic E-state index is 11.9. The van der Waals surface area contributed by atoms with Crippen molar-refractivity contribution in [1.29, 1.82) is 0 Å². The molecule has 0 unspecified atom stereocenters. The predicted octanol–water partition coefficient (Wildman–Crippen LogP) is 1.53. The summed E-state index contributed by atoms with van der Waals surface area (Å²) in [6.07, 6.45) is 0.420. The Balaban J connectivity index is 1.58. The molecule has 3 rings (SSSR count). The average molecular weight is 318 g/mol. The summed E-state index contributed by atoms with van der Waals surface area (Å²) in [4.78, 5) is 38.6. The van der Waals surface area contributed by atoms with E-state index in [-0.39, 0.29) is 24.7 Å². The van der Waals surface area contributed by atoms with Crippen LogP contribution in [0.25, 0.3) is 10.2 Å². The number of imide groups is 1. The Bertz CT molecular complexity index is 771. The lowest BCUT2D eigenvalue weighted by Gasteiger charge is -2.08. The van der Waals surface area contributed by atoms with Gasteiger partial charge in [-0.1, -0.05) is 0 Å². The van der Waals surface area contributed by atoms with Crippen LogP contribution in [0.3, 0.4) is 0 Å². The molecule has 1 saturated heterocycles. The van der Waals surface area contributed by atoms with Crippen molar-refractivity contribution in [2.45, 2.75) is 25.8 Å². The Morgan fingerprint density at radius 2 is 2.23 bits per heavy atom.